The van der Waals surface area contributed by atoms with E-state index in [0.717, 1.165) is 37.1 Å². The van der Waals surface area contributed by atoms with Crippen molar-refractivity contribution in [2.24, 2.45) is 5.41 Å². The van der Waals surface area contributed by atoms with Crippen LogP contribution in [-0.4, -0.2) is 12.5 Å². The summed E-state index contributed by atoms with van der Waals surface area (Å²) in [5.41, 5.74) is 1.29. The lowest BCUT2D eigenvalue weighted by Gasteiger charge is -2.29. The van der Waals surface area contributed by atoms with Gasteiger partial charge in [-0.2, -0.15) is 0 Å². The van der Waals surface area contributed by atoms with Crippen LogP contribution in [0.1, 0.15) is 38.5 Å². The number of hydrogen-bond acceptors (Lipinski definition) is 2. The normalized spacial score (nSPS) is 21.4. The van der Waals surface area contributed by atoms with Crippen LogP contribution < -0.4 is 10.6 Å². The van der Waals surface area contributed by atoms with Crippen LogP contribution in [0.25, 0.3) is 0 Å². The van der Waals surface area contributed by atoms with Gasteiger partial charge in [0.05, 0.1) is 26.8 Å². The van der Waals surface area contributed by atoms with E-state index in [4.69, 9.17) is 23.2 Å². The number of halogens is 2. The predicted molar refractivity (Wildman–Crippen MR) is 83.7 cm³/mol. The highest BCUT2D eigenvalue weighted by molar-refractivity contribution is 6.42. The summed E-state index contributed by atoms with van der Waals surface area (Å²) in [6.07, 6.45) is 6.57. The van der Waals surface area contributed by atoms with Gasteiger partial charge in [0.1, 0.15) is 0 Å². The first-order chi connectivity index (χ1) is 9.61. The van der Waals surface area contributed by atoms with Gasteiger partial charge >= 0.3 is 0 Å². The van der Waals surface area contributed by atoms with Gasteiger partial charge in [0.25, 0.3) is 0 Å². The molecule has 1 aliphatic carbocycles. The molecule has 2 aliphatic rings. The molecule has 1 heterocycles. The van der Waals surface area contributed by atoms with Crippen molar-refractivity contribution in [2.45, 2.75) is 38.5 Å². The molecule has 1 fully saturated rings. The highest BCUT2D eigenvalue weighted by Crippen LogP contribution is 2.41. The zero-order chi connectivity index (χ0) is 14.2. The van der Waals surface area contributed by atoms with Crippen molar-refractivity contribution in [1.82, 2.24) is 0 Å². The van der Waals surface area contributed by atoms with E-state index in [0.29, 0.717) is 16.6 Å². The molecule has 108 valence electrons. The molecule has 3 nitrogen and oxygen atoms in total. The summed E-state index contributed by atoms with van der Waals surface area (Å²) < 4.78 is 0. The molecular formula is C15H18Cl2N2O. The fourth-order valence-electron chi connectivity index (χ4n) is 3.21. The standard InChI is InChI=1S/C15H18Cl2N2O/c16-10-7-12-13(8-11(10)17)19-14(20)15(9-18-12)5-3-1-2-4-6-15/h7-8,18H,1-6,9H2,(H,19,20). The monoisotopic (exact) mass is 312 g/mol. The molecule has 1 amide bonds. The molecule has 3 rings (SSSR count). The minimum atomic E-state index is -0.297. The second-order valence-electron chi connectivity index (χ2n) is 5.81. The molecule has 1 aromatic rings. The van der Waals surface area contributed by atoms with E-state index in [1.807, 2.05) is 0 Å². The summed E-state index contributed by atoms with van der Waals surface area (Å²) in [6, 6.07) is 3.51. The van der Waals surface area contributed by atoms with Gasteiger partial charge in [0.15, 0.2) is 0 Å². The van der Waals surface area contributed by atoms with Crippen molar-refractivity contribution >= 4 is 40.5 Å². The average Bonchev–Trinajstić information content (AvgIpc) is 2.73. The Morgan fingerprint density at radius 2 is 1.55 bits per heavy atom. The highest BCUT2D eigenvalue weighted by atomic mass is 35.5. The van der Waals surface area contributed by atoms with E-state index in [1.54, 1.807) is 12.1 Å². The Morgan fingerprint density at radius 1 is 0.950 bits per heavy atom. The van der Waals surface area contributed by atoms with Crippen LogP contribution >= 0.6 is 23.2 Å². The minimum absolute atomic E-state index is 0.115. The lowest BCUT2D eigenvalue weighted by atomic mass is 9.79. The van der Waals surface area contributed by atoms with Crippen LogP contribution in [0.5, 0.6) is 0 Å². The summed E-state index contributed by atoms with van der Waals surface area (Å²) in [5, 5.41) is 7.39. The Kier molecular flexibility index (Phi) is 3.83. The van der Waals surface area contributed by atoms with E-state index in [-0.39, 0.29) is 11.3 Å². The first-order valence-corrected chi connectivity index (χ1v) is 7.91. The largest absolute Gasteiger partial charge is 0.382 e. The van der Waals surface area contributed by atoms with Crippen molar-refractivity contribution in [2.75, 3.05) is 17.2 Å². The van der Waals surface area contributed by atoms with Gasteiger partial charge in [-0.25, -0.2) is 0 Å². The molecule has 2 N–H and O–H groups in total. The molecule has 1 spiro atoms. The molecular weight excluding hydrogens is 295 g/mol. The van der Waals surface area contributed by atoms with Crippen LogP contribution in [-0.2, 0) is 4.79 Å². The zero-order valence-corrected chi connectivity index (χ0v) is 12.8. The third kappa shape index (κ3) is 2.49. The highest BCUT2D eigenvalue weighted by Gasteiger charge is 2.40. The smallest absolute Gasteiger partial charge is 0.232 e. The van der Waals surface area contributed by atoms with Crippen LogP contribution in [0.3, 0.4) is 0 Å². The summed E-state index contributed by atoms with van der Waals surface area (Å²) in [5.74, 6) is 0.115. The summed E-state index contributed by atoms with van der Waals surface area (Å²) in [7, 11) is 0. The number of carbonyl (C=O) groups excluding carboxylic acids is 1. The van der Waals surface area contributed by atoms with E-state index in [1.165, 1.54) is 12.8 Å². The average molecular weight is 313 g/mol. The topological polar surface area (TPSA) is 41.1 Å². The van der Waals surface area contributed by atoms with E-state index in [9.17, 15) is 4.79 Å². The molecule has 0 saturated heterocycles. The first-order valence-electron chi connectivity index (χ1n) is 7.15. The number of amides is 1. The molecule has 1 aliphatic heterocycles. The maximum Gasteiger partial charge on any atom is 0.232 e. The number of carbonyl (C=O) groups is 1. The second-order valence-corrected chi connectivity index (χ2v) is 6.63. The van der Waals surface area contributed by atoms with Gasteiger partial charge in [-0.15, -0.1) is 0 Å². The molecule has 0 aromatic heterocycles. The molecule has 0 atom stereocenters. The van der Waals surface area contributed by atoms with Crippen LogP contribution in [0.4, 0.5) is 11.4 Å². The molecule has 0 radical (unpaired) electrons. The number of benzene rings is 1. The fourth-order valence-corrected chi connectivity index (χ4v) is 3.53. The quantitative estimate of drug-likeness (QED) is 0.729. The molecule has 0 unspecified atom stereocenters. The van der Waals surface area contributed by atoms with Gasteiger partial charge in [0, 0.05) is 6.54 Å². The Balaban J connectivity index is 1.93. The van der Waals surface area contributed by atoms with Crippen molar-refractivity contribution in [1.29, 1.82) is 0 Å². The van der Waals surface area contributed by atoms with E-state index in [2.05, 4.69) is 10.6 Å². The maximum absolute atomic E-state index is 12.7. The maximum atomic E-state index is 12.7. The van der Waals surface area contributed by atoms with Crippen molar-refractivity contribution < 1.29 is 4.79 Å². The van der Waals surface area contributed by atoms with Gasteiger partial charge < -0.3 is 10.6 Å². The minimum Gasteiger partial charge on any atom is -0.382 e. The molecule has 5 heteroatoms. The van der Waals surface area contributed by atoms with E-state index >= 15 is 0 Å². The zero-order valence-electron chi connectivity index (χ0n) is 11.3. The summed E-state index contributed by atoms with van der Waals surface area (Å²) >= 11 is 12.1. The third-order valence-corrected chi connectivity index (χ3v) is 5.19. The SMILES string of the molecule is O=C1Nc2cc(Cl)c(Cl)cc2NCC12CCCCCC2. The van der Waals surface area contributed by atoms with Crippen molar-refractivity contribution in [3.8, 4) is 0 Å². The van der Waals surface area contributed by atoms with Crippen molar-refractivity contribution in [3.05, 3.63) is 22.2 Å². The predicted octanol–water partition coefficient (Wildman–Crippen LogP) is 4.70. The Hall–Kier alpha value is -0.930. The number of nitrogens with one attached hydrogen (secondary N) is 2. The fraction of sp³-hybridized carbons (Fsp3) is 0.533. The number of fused-ring (bicyclic) bond motifs is 1. The Bertz CT molecular complexity index is 537. The Labute approximate surface area is 129 Å². The molecule has 0 bridgehead atoms. The third-order valence-electron chi connectivity index (χ3n) is 4.47. The van der Waals surface area contributed by atoms with Crippen LogP contribution in [0.2, 0.25) is 10.0 Å². The van der Waals surface area contributed by atoms with E-state index < -0.39 is 0 Å². The molecule has 1 aromatic carbocycles. The second kappa shape index (κ2) is 5.45. The lowest BCUT2D eigenvalue weighted by molar-refractivity contribution is -0.125. The summed E-state index contributed by atoms with van der Waals surface area (Å²) in [4.78, 5) is 12.7. The van der Waals surface area contributed by atoms with Crippen LogP contribution in [0.15, 0.2) is 12.1 Å². The summed E-state index contributed by atoms with van der Waals surface area (Å²) in [6.45, 7) is 0.670. The number of rotatable bonds is 0. The van der Waals surface area contributed by atoms with Gasteiger partial charge in [-0.1, -0.05) is 48.9 Å². The van der Waals surface area contributed by atoms with Crippen molar-refractivity contribution in [3.63, 3.8) is 0 Å². The van der Waals surface area contributed by atoms with Gasteiger partial charge in [-0.3, -0.25) is 4.79 Å². The number of hydrogen-bond donors (Lipinski definition) is 2. The molecule has 20 heavy (non-hydrogen) atoms. The van der Waals surface area contributed by atoms with Gasteiger partial charge in [0.2, 0.25) is 5.91 Å². The number of anilines is 2. The molecule has 1 saturated carbocycles. The van der Waals surface area contributed by atoms with Crippen LogP contribution in [0, 0.1) is 5.41 Å². The van der Waals surface area contributed by atoms with Gasteiger partial charge in [-0.05, 0) is 25.0 Å². The first kappa shape index (κ1) is 14.0. The Morgan fingerprint density at radius 3 is 2.20 bits per heavy atom. The lowest BCUT2D eigenvalue weighted by Crippen LogP contribution is -2.39.